The molecule has 0 saturated heterocycles. The zero-order valence-corrected chi connectivity index (χ0v) is 15.5. The first-order valence-corrected chi connectivity index (χ1v) is 9.39. The van der Waals surface area contributed by atoms with E-state index in [0.29, 0.717) is 0 Å². The van der Waals surface area contributed by atoms with Gasteiger partial charge in [-0.05, 0) is 18.1 Å². The summed E-state index contributed by atoms with van der Waals surface area (Å²) in [5.41, 5.74) is -2.08. The predicted molar refractivity (Wildman–Crippen MR) is 92.8 cm³/mol. The summed E-state index contributed by atoms with van der Waals surface area (Å²) >= 11 is 0. The number of benzene rings is 1. The summed E-state index contributed by atoms with van der Waals surface area (Å²) in [6.07, 6.45) is 0.966. The third-order valence-corrected chi connectivity index (χ3v) is 5.68. The molecule has 0 spiro atoms. The van der Waals surface area contributed by atoms with Gasteiger partial charge < -0.3 is 9.88 Å². The minimum atomic E-state index is -3.96. The van der Waals surface area contributed by atoms with Crippen molar-refractivity contribution in [3.05, 3.63) is 52.9 Å². The summed E-state index contributed by atoms with van der Waals surface area (Å²) in [4.78, 5) is 14.4. The molecule has 0 unspecified atom stereocenters. The number of aromatic nitrogens is 1. The van der Waals surface area contributed by atoms with Crippen molar-refractivity contribution in [2.75, 3.05) is 11.1 Å². The number of nitrogens with zero attached hydrogens (tertiary/aromatic N) is 2. The van der Waals surface area contributed by atoms with E-state index in [2.05, 4.69) is 4.85 Å². The topological polar surface area (TPSA) is 72.5 Å². The second kappa shape index (κ2) is 7.44. The number of anilines is 1. The van der Waals surface area contributed by atoms with E-state index in [1.807, 2.05) is 5.32 Å². The van der Waals surface area contributed by atoms with Crippen LogP contribution in [0.15, 0.2) is 23.2 Å². The van der Waals surface area contributed by atoms with Crippen LogP contribution in [0, 0.1) is 29.9 Å². The molecule has 1 aromatic heterocycles. The molecule has 0 fully saturated rings. The number of hydrogen-bond acceptors (Lipinski definition) is 3. The molecule has 0 bridgehead atoms. The van der Waals surface area contributed by atoms with Gasteiger partial charge in [0, 0.05) is 13.2 Å². The first kappa shape index (κ1) is 20.5. The Hall–Kier alpha value is -2.80. The molecule has 2 rings (SSSR count). The van der Waals surface area contributed by atoms with E-state index in [1.54, 1.807) is 13.8 Å². The van der Waals surface area contributed by atoms with Crippen LogP contribution in [0.2, 0.25) is 0 Å². The molecule has 0 radical (unpaired) electrons. The Bertz CT molecular complexity index is 1050. The summed E-state index contributed by atoms with van der Waals surface area (Å²) in [6.45, 7) is 10.1. The number of hydrogen-bond donors (Lipinski definition) is 1. The average molecular weight is 399 g/mol. The Labute approximate surface area is 154 Å². The Morgan fingerprint density at radius 3 is 2.44 bits per heavy atom. The number of halogens is 3. The molecule has 1 amide bonds. The highest BCUT2D eigenvalue weighted by atomic mass is 32.2. The second-order valence-electron chi connectivity index (χ2n) is 6.27. The number of amides is 1. The molecule has 27 heavy (non-hydrogen) atoms. The number of sulfone groups is 1. The van der Waals surface area contributed by atoms with E-state index in [4.69, 9.17) is 6.57 Å². The lowest BCUT2D eigenvalue weighted by molar-refractivity contribution is 0.101. The van der Waals surface area contributed by atoms with Gasteiger partial charge in [-0.15, -0.1) is 0 Å². The molecule has 0 atom stereocenters. The molecule has 1 heterocycles. The molecule has 0 saturated carbocycles. The first-order chi connectivity index (χ1) is 12.5. The average Bonchev–Trinajstić information content (AvgIpc) is 2.85. The fourth-order valence-corrected chi connectivity index (χ4v) is 4.24. The van der Waals surface area contributed by atoms with E-state index in [0.717, 1.165) is 22.9 Å². The van der Waals surface area contributed by atoms with Gasteiger partial charge >= 0.3 is 0 Å². The smallest absolute Gasteiger partial charge is 0.275 e. The van der Waals surface area contributed by atoms with E-state index in [-0.39, 0.29) is 11.7 Å². The summed E-state index contributed by atoms with van der Waals surface area (Å²) < 4.78 is 67.6. The van der Waals surface area contributed by atoms with E-state index < -0.39 is 55.2 Å². The fourth-order valence-electron chi connectivity index (χ4n) is 2.50. The van der Waals surface area contributed by atoms with Crippen LogP contribution in [0.25, 0.3) is 4.85 Å². The number of nitrogens with one attached hydrogen (secondary N) is 1. The van der Waals surface area contributed by atoms with Crippen molar-refractivity contribution < 1.29 is 26.4 Å². The van der Waals surface area contributed by atoms with Gasteiger partial charge in [-0.3, -0.25) is 4.79 Å². The molecule has 0 aliphatic rings. The van der Waals surface area contributed by atoms with Gasteiger partial charge in [0.2, 0.25) is 0 Å². The van der Waals surface area contributed by atoms with Crippen molar-refractivity contribution in [2.45, 2.75) is 18.7 Å². The van der Waals surface area contributed by atoms with Crippen LogP contribution in [0.1, 0.15) is 24.3 Å². The van der Waals surface area contributed by atoms with Crippen LogP contribution in [-0.2, 0) is 16.9 Å². The largest absolute Gasteiger partial charge is 0.343 e. The maximum absolute atomic E-state index is 14.6. The third-order valence-electron chi connectivity index (χ3n) is 3.62. The van der Waals surface area contributed by atoms with E-state index >= 15 is 0 Å². The van der Waals surface area contributed by atoms with Crippen molar-refractivity contribution >= 4 is 27.1 Å². The van der Waals surface area contributed by atoms with Crippen molar-refractivity contribution in [2.24, 2.45) is 13.0 Å². The molecular weight excluding hydrogens is 383 g/mol. The standard InChI is InChI=1S/C17H16F3N3O3S/c1-9(2)8-27(25,26)12-7-23(4)16(14(12)20)17(24)22-11-6-5-10(18)15(21-3)13(11)19/h5-7,9H,8H2,1-2,4H3,(H,22,24). The van der Waals surface area contributed by atoms with Crippen molar-refractivity contribution in [3.63, 3.8) is 0 Å². The zero-order valence-electron chi connectivity index (χ0n) is 14.7. The molecule has 1 N–H and O–H groups in total. The fraction of sp³-hybridized carbons (Fsp3) is 0.294. The van der Waals surface area contributed by atoms with Gasteiger partial charge in [0.15, 0.2) is 21.5 Å². The van der Waals surface area contributed by atoms with Gasteiger partial charge in [0.05, 0.1) is 18.0 Å². The lowest BCUT2D eigenvalue weighted by atomic mass is 10.2. The maximum atomic E-state index is 14.6. The Morgan fingerprint density at radius 2 is 1.89 bits per heavy atom. The monoisotopic (exact) mass is 399 g/mol. The number of carbonyl (C=O) groups excluding carboxylic acids is 1. The summed E-state index contributed by atoms with van der Waals surface area (Å²) in [5.74, 6) is -5.37. The van der Waals surface area contributed by atoms with Crippen molar-refractivity contribution in [3.8, 4) is 0 Å². The van der Waals surface area contributed by atoms with E-state index in [1.165, 1.54) is 7.05 Å². The summed E-state index contributed by atoms with van der Waals surface area (Å²) in [7, 11) is -2.70. The molecule has 1 aromatic carbocycles. The summed E-state index contributed by atoms with van der Waals surface area (Å²) in [5, 5.41) is 2.04. The number of rotatable bonds is 5. The Kier molecular flexibility index (Phi) is 5.65. The molecule has 6 nitrogen and oxygen atoms in total. The van der Waals surface area contributed by atoms with Crippen LogP contribution >= 0.6 is 0 Å². The van der Waals surface area contributed by atoms with Crippen LogP contribution in [0.3, 0.4) is 0 Å². The number of carbonyl (C=O) groups is 1. The minimum Gasteiger partial charge on any atom is -0.343 e. The van der Waals surface area contributed by atoms with Crippen LogP contribution in [0.5, 0.6) is 0 Å². The molecule has 10 heteroatoms. The van der Waals surface area contributed by atoms with Gasteiger partial charge in [0.1, 0.15) is 16.4 Å². The van der Waals surface area contributed by atoms with Crippen molar-refractivity contribution in [1.82, 2.24) is 4.57 Å². The molecule has 2 aromatic rings. The van der Waals surface area contributed by atoms with Crippen molar-refractivity contribution in [1.29, 1.82) is 0 Å². The highest BCUT2D eigenvalue weighted by Gasteiger charge is 2.29. The lowest BCUT2D eigenvalue weighted by Gasteiger charge is -2.09. The molecule has 0 aliphatic heterocycles. The van der Waals surface area contributed by atoms with Crippen LogP contribution in [-0.4, -0.2) is 24.6 Å². The van der Waals surface area contributed by atoms with Crippen LogP contribution in [0.4, 0.5) is 24.5 Å². The summed E-state index contributed by atoms with van der Waals surface area (Å²) in [6, 6.07) is 1.67. The highest BCUT2D eigenvalue weighted by Crippen LogP contribution is 2.29. The molecule has 144 valence electrons. The Balaban J connectivity index is 2.44. The van der Waals surface area contributed by atoms with Crippen LogP contribution < -0.4 is 5.32 Å². The Morgan fingerprint density at radius 1 is 1.26 bits per heavy atom. The van der Waals surface area contributed by atoms with E-state index in [9.17, 15) is 26.4 Å². The minimum absolute atomic E-state index is 0.257. The first-order valence-electron chi connectivity index (χ1n) is 7.74. The third kappa shape index (κ3) is 3.98. The lowest BCUT2D eigenvalue weighted by Crippen LogP contribution is -2.18. The predicted octanol–water partition coefficient (Wildman–Crippen LogP) is 3.68. The zero-order chi connectivity index (χ0) is 20.5. The van der Waals surface area contributed by atoms with Gasteiger partial charge in [-0.1, -0.05) is 13.8 Å². The van der Waals surface area contributed by atoms with Gasteiger partial charge in [-0.2, -0.15) is 0 Å². The van der Waals surface area contributed by atoms with Gasteiger partial charge in [0.25, 0.3) is 11.6 Å². The normalized spacial score (nSPS) is 11.5. The highest BCUT2D eigenvalue weighted by molar-refractivity contribution is 7.91. The second-order valence-corrected chi connectivity index (χ2v) is 8.27. The number of aryl methyl sites for hydroxylation is 1. The molecular formula is C17H16F3N3O3S. The SMILES string of the molecule is [C-]#[N+]c1c(F)ccc(NC(=O)c2c(F)c(S(=O)(=O)CC(C)C)cn2C)c1F. The maximum Gasteiger partial charge on any atom is 0.275 e. The quantitative estimate of drug-likeness (QED) is 0.780. The molecule has 0 aliphatic carbocycles. The van der Waals surface area contributed by atoms with Gasteiger partial charge in [-0.25, -0.2) is 26.4 Å².